The lowest BCUT2D eigenvalue weighted by molar-refractivity contribution is 0.0593. The number of nitrogens with zero attached hydrogens (tertiary/aromatic N) is 3. The van der Waals surface area contributed by atoms with Gasteiger partial charge >= 0.3 is 6.55 Å². The molecular weight excluding hydrogens is 164 g/mol. The average Bonchev–Trinajstić information content (AvgIpc) is 2.47. The van der Waals surface area contributed by atoms with Crippen LogP contribution in [0.5, 0.6) is 0 Å². The van der Waals surface area contributed by atoms with Crippen molar-refractivity contribution in [2.75, 3.05) is 0 Å². The first kappa shape index (κ1) is 7.15. The molecule has 0 saturated heterocycles. The van der Waals surface area contributed by atoms with E-state index in [-0.39, 0.29) is 0 Å². The van der Waals surface area contributed by atoms with Gasteiger partial charge in [-0.05, 0) is 12.1 Å². The number of para-hydroxylation sites is 1. The van der Waals surface area contributed by atoms with Crippen molar-refractivity contribution < 1.29 is 8.78 Å². The van der Waals surface area contributed by atoms with E-state index in [9.17, 15) is 8.78 Å². The molecule has 0 spiro atoms. The van der Waals surface area contributed by atoms with Gasteiger partial charge in [-0.15, -0.1) is 5.10 Å². The largest absolute Gasteiger partial charge is 0.335 e. The smallest absolute Gasteiger partial charge is 0.184 e. The van der Waals surface area contributed by atoms with Crippen LogP contribution in [0, 0.1) is 0 Å². The molecule has 0 unspecified atom stereocenters. The summed E-state index contributed by atoms with van der Waals surface area (Å²) in [6.07, 6.45) is 0. The Labute approximate surface area is 66.6 Å². The zero-order valence-electron chi connectivity index (χ0n) is 5.98. The van der Waals surface area contributed by atoms with Gasteiger partial charge in [0.2, 0.25) is 0 Å². The zero-order chi connectivity index (χ0) is 8.55. The molecular formula is C7H5F2N3. The van der Waals surface area contributed by atoms with E-state index in [0.29, 0.717) is 15.7 Å². The van der Waals surface area contributed by atoms with Crippen molar-refractivity contribution in [2.24, 2.45) is 0 Å². The summed E-state index contributed by atoms with van der Waals surface area (Å²) in [5.74, 6) is 0. The number of fused-ring (bicyclic) bond motifs is 1. The highest BCUT2D eigenvalue weighted by Gasteiger charge is 2.10. The molecule has 0 aliphatic heterocycles. The summed E-state index contributed by atoms with van der Waals surface area (Å²) in [6, 6.07) is 6.60. The van der Waals surface area contributed by atoms with Crippen LogP contribution in [0.3, 0.4) is 0 Å². The van der Waals surface area contributed by atoms with Gasteiger partial charge in [0.25, 0.3) is 0 Å². The van der Waals surface area contributed by atoms with E-state index in [1.165, 1.54) is 0 Å². The molecule has 0 radical (unpaired) electrons. The highest BCUT2D eigenvalue weighted by molar-refractivity contribution is 5.73. The third-order valence-electron chi connectivity index (χ3n) is 1.56. The van der Waals surface area contributed by atoms with Gasteiger partial charge in [-0.3, -0.25) is 0 Å². The molecule has 1 aromatic heterocycles. The van der Waals surface area contributed by atoms with Crippen LogP contribution in [0.25, 0.3) is 11.0 Å². The molecule has 0 N–H and O–H groups in total. The SMILES string of the molecule is FC(F)n1nnc2ccccc21. The first-order valence-electron chi connectivity index (χ1n) is 3.37. The van der Waals surface area contributed by atoms with E-state index < -0.39 is 6.55 Å². The first-order valence-corrected chi connectivity index (χ1v) is 3.37. The standard InChI is InChI=1S/C7H5F2N3/c8-7(9)12-6-4-2-1-3-5(6)10-11-12/h1-4,7H. The van der Waals surface area contributed by atoms with E-state index >= 15 is 0 Å². The monoisotopic (exact) mass is 169 g/mol. The van der Waals surface area contributed by atoms with E-state index in [4.69, 9.17) is 0 Å². The fourth-order valence-corrected chi connectivity index (χ4v) is 1.03. The van der Waals surface area contributed by atoms with Crippen LogP contribution < -0.4 is 0 Å². The van der Waals surface area contributed by atoms with Crippen LogP contribution in [-0.2, 0) is 0 Å². The predicted octanol–water partition coefficient (Wildman–Crippen LogP) is 1.83. The Morgan fingerprint density at radius 1 is 1.25 bits per heavy atom. The van der Waals surface area contributed by atoms with E-state index in [1.54, 1.807) is 24.3 Å². The molecule has 5 heteroatoms. The third kappa shape index (κ3) is 0.939. The van der Waals surface area contributed by atoms with Crippen LogP contribution in [0.4, 0.5) is 8.78 Å². The highest BCUT2D eigenvalue weighted by Crippen LogP contribution is 2.16. The topological polar surface area (TPSA) is 30.7 Å². The number of halogens is 2. The molecule has 0 aliphatic rings. The van der Waals surface area contributed by atoms with E-state index in [1.807, 2.05) is 0 Å². The lowest BCUT2D eigenvalue weighted by Gasteiger charge is -1.96. The molecule has 2 rings (SSSR count). The molecule has 12 heavy (non-hydrogen) atoms. The maximum Gasteiger partial charge on any atom is 0.335 e. The minimum atomic E-state index is -2.63. The highest BCUT2D eigenvalue weighted by atomic mass is 19.3. The second kappa shape index (κ2) is 2.51. The minimum Gasteiger partial charge on any atom is -0.184 e. The second-order valence-electron chi connectivity index (χ2n) is 2.30. The summed E-state index contributed by atoms with van der Waals surface area (Å²) >= 11 is 0. The van der Waals surface area contributed by atoms with E-state index in [2.05, 4.69) is 10.3 Å². The van der Waals surface area contributed by atoms with Gasteiger partial charge in [0, 0.05) is 0 Å². The van der Waals surface area contributed by atoms with Crippen LogP contribution in [0.2, 0.25) is 0 Å². The maximum atomic E-state index is 12.2. The number of rotatable bonds is 1. The number of hydrogen-bond acceptors (Lipinski definition) is 2. The van der Waals surface area contributed by atoms with Gasteiger partial charge in [-0.1, -0.05) is 17.3 Å². The van der Waals surface area contributed by atoms with Crippen molar-refractivity contribution in [3.63, 3.8) is 0 Å². The van der Waals surface area contributed by atoms with Crippen LogP contribution in [0.15, 0.2) is 24.3 Å². The van der Waals surface area contributed by atoms with Gasteiger partial charge in [0.1, 0.15) is 5.52 Å². The lowest BCUT2D eigenvalue weighted by Crippen LogP contribution is -1.99. The Morgan fingerprint density at radius 2 is 2.00 bits per heavy atom. The van der Waals surface area contributed by atoms with Gasteiger partial charge in [-0.2, -0.15) is 13.5 Å². The van der Waals surface area contributed by atoms with Gasteiger partial charge in [0.05, 0.1) is 5.52 Å². The summed E-state index contributed by atoms with van der Waals surface area (Å²) < 4.78 is 25.0. The summed E-state index contributed by atoms with van der Waals surface area (Å²) in [5.41, 5.74) is 0.838. The number of aromatic nitrogens is 3. The molecule has 0 amide bonds. The molecule has 0 bridgehead atoms. The van der Waals surface area contributed by atoms with Crippen molar-refractivity contribution in [1.82, 2.24) is 15.0 Å². The summed E-state index contributed by atoms with van der Waals surface area (Å²) in [4.78, 5) is 0. The quantitative estimate of drug-likeness (QED) is 0.651. The number of alkyl halides is 2. The Balaban J connectivity index is 2.70. The molecule has 1 heterocycles. The van der Waals surface area contributed by atoms with Crippen molar-refractivity contribution >= 4 is 11.0 Å². The van der Waals surface area contributed by atoms with Gasteiger partial charge < -0.3 is 0 Å². The van der Waals surface area contributed by atoms with Crippen molar-refractivity contribution in [3.8, 4) is 0 Å². The van der Waals surface area contributed by atoms with E-state index in [0.717, 1.165) is 0 Å². The predicted molar refractivity (Wildman–Crippen MR) is 38.8 cm³/mol. The summed E-state index contributed by atoms with van der Waals surface area (Å²) in [5, 5.41) is 6.88. The summed E-state index contributed by atoms with van der Waals surface area (Å²) in [7, 11) is 0. The molecule has 1 aromatic carbocycles. The maximum absolute atomic E-state index is 12.2. The normalized spacial score (nSPS) is 11.2. The van der Waals surface area contributed by atoms with Gasteiger partial charge in [-0.25, -0.2) is 0 Å². The van der Waals surface area contributed by atoms with Crippen molar-refractivity contribution in [1.29, 1.82) is 0 Å². The van der Waals surface area contributed by atoms with Crippen molar-refractivity contribution in [3.05, 3.63) is 24.3 Å². The van der Waals surface area contributed by atoms with Crippen LogP contribution in [0.1, 0.15) is 6.55 Å². The molecule has 3 nitrogen and oxygen atoms in total. The molecule has 0 atom stereocenters. The molecule has 62 valence electrons. The number of benzene rings is 1. The Bertz CT molecular complexity index is 396. The average molecular weight is 169 g/mol. The summed E-state index contributed by atoms with van der Waals surface area (Å²) in [6.45, 7) is -2.63. The molecule has 0 fully saturated rings. The van der Waals surface area contributed by atoms with Crippen LogP contribution >= 0.6 is 0 Å². The minimum absolute atomic E-state index is 0.354. The van der Waals surface area contributed by atoms with Crippen LogP contribution in [-0.4, -0.2) is 15.0 Å². The number of hydrogen-bond donors (Lipinski definition) is 0. The molecule has 2 aromatic rings. The first-order chi connectivity index (χ1) is 5.79. The van der Waals surface area contributed by atoms with Gasteiger partial charge in [0.15, 0.2) is 0 Å². The lowest BCUT2D eigenvalue weighted by atomic mass is 10.3. The molecule has 0 aliphatic carbocycles. The Morgan fingerprint density at radius 3 is 2.75 bits per heavy atom. The third-order valence-corrected chi connectivity index (χ3v) is 1.56. The Hall–Kier alpha value is -1.52. The van der Waals surface area contributed by atoms with Crippen molar-refractivity contribution in [2.45, 2.75) is 6.55 Å². The fraction of sp³-hybridized carbons (Fsp3) is 0.143. The zero-order valence-corrected chi connectivity index (χ0v) is 5.98. The molecule has 0 saturated carbocycles. The Kier molecular flexibility index (Phi) is 1.49. The second-order valence-corrected chi connectivity index (χ2v) is 2.30. The fourth-order valence-electron chi connectivity index (χ4n) is 1.03.